The predicted octanol–water partition coefficient (Wildman–Crippen LogP) is 1.73. The van der Waals surface area contributed by atoms with Crippen molar-refractivity contribution in [3.8, 4) is 5.69 Å². The number of rotatable bonds is 2. The number of anilines is 1. The lowest BCUT2D eigenvalue weighted by Gasteiger charge is -2.08. The highest BCUT2D eigenvalue weighted by Crippen LogP contribution is 2.26. The molecular weight excluding hydrogens is 242 g/mol. The smallest absolute Gasteiger partial charge is 0.360 e. The fourth-order valence-electron chi connectivity index (χ4n) is 2.53. The number of hydrogen-bond donors (Lipinski definition) is 1. The molecule has 1 aliphatic rings. The van der Waals surface area contributed by atoms with Gasteiger partial charge in [0.25, 0.3) is 0 Å². The number of aromatic nitrogens is 2. The van der Waals surface area contributed by atoms with Crippen LogP contribution in [-0.4, -0.2) is 22.6 Å². The summed E-state index contributed by atoms with van der Waals surface area (Å²) in [7, 11) is 1.32. The highest BCUT2D eigenvalue weighted by molar-refractivity contribution is 5.92. The third-order valence-corrected chi connectivity index (χ3v) is 3.54. The number of methoxy groups -OCH3 is 1. The van der Waals surface area contributed by atoms with Crippen molar-refractivity contribution >= 4 is 11.8 Å². The average molecular weight is 257 g/mol. The van der Waals surface area contributed by atoms with Gasteiger partial charge in [-0.05, 0) is 42.5 Å². The lowest BCUT2D eigenvalue weighted by atomic mass is 10.1. The van der Waals surface area contributed by atoms with Gasteiger partial charge in [0.15, 0.2) is 5.69 Å². The minimum atomic E-state index is -0.516. The first-order valence-corrected chi connectivity index (χ1v) is 6.24. The molecule has 1 aromatic carbocycles. The van der Waals surface area contributed by atoms with Gasteiger partial charge in [-0.15, -0.1) is 0 Å². The minimum Gasteiger partial charge on any atom is -0.464 e. The Bertz CT molecular complexity index is 646. The summed E-state index contributed by atoms with van der Waals surface area (Å²) in [4.78, 5) is 15.5. The zero-order chi connectivity index (χ0) is 13.4. The summed E-state index contributed by atoms with van der Waals surface area (Å²) < 4.78 is 6.36. The maximum absolute atomic E-state index is 11.5. The van der Waals surface area contributed by atoms with Crippen molar-refractivity contribution in [2.45, 2.75) is 19.3 Å². The quantitative estimate of drug-likeness (QED) is 0.832. The molecule has 0 saturated heterocycles. The van der Waals surface area contributed by atoms with Crippen LogP contribution in [0.25, 0.3) is 5.69 Å². The number of benzene rings is 1. The second-order valence-corrected chi connectivity index (χ2v) is 4.65. The Labute approximate surface area is 111 Å². The van der Waals surface area contributed by atoms with Crippen molar-refractivity contribution in [1.29, 1.82) is 0 Å². The Kier molecular flexibility index (Phi) is 2.74. The number of imidazole rings is 1. The number of hydrogen-bond acceptors (Lipinski definition) is 4. The molecule has 2 N–H and O–H groups in total. The minimum absolute atomic E-state index is 0.156. The summed E-state index contributed by atoms with van der Waals surface area (Å²) in [5.74, 6) is -0.206. The molecule has 19 heavy (non-hydrogen) atoms. The zero-order valence-corrected chi connectivity index (χ0v) is 10.7. The predicted molar refractivity (Wildman–Crippen MR) is 71.3 cm³/mol. The van der Waals surface area contributed by atoms with Gasteiger partial charge in [-0.25, -0.2) is 9.78 Å². The van der Waals surface area contributed by atoms with E-state index in [1.165, 1.54) is 24.7 Å². The molecule has 0 saturated carbocycles. The first-order valence-electron chi connectivity index (χ1n) is 6.24. The molecule has 1 aromatic heterocycles. The molecule has 0 bridgehead atoms. The number of nitrogen functional groups attached to an aromatic ring is 1. The summed E-state index contributed by atoms with van der Waals surface area (Å²) in [6.45, 7) is 0. The van der Waals surface area contributed by atoms with E-state index in [0.717, 1.165) is 18.5 Å². The number of nitrogens with zero attached hydrogens (tertiary/aromatic N) is 2. The second-order valence-electron chi connectivity index (χ2n) is 4.65. The fraction of sp³-hybridized carbons (Fsp3) is 0.286. The third kappa shape index (κ3) is 1.87. The maximum atomic E-state index is 11.5. The van der Waals surface area contributed by atoms with Crippen LogP contribution in [0.2, 0.25) is 0 Å². The van der Waals surface area contributed by atoms with Crippen molar-refractivity contribution in [3.63, 3.8) is 0 Å². The summed E-state index contributed by atoms with van der Waals surface area (Å²) in [5.41, 5.74) is 9.79. The van der Waals surface area contributed by atoms with Crippen molar-refractivity contribution in [1.82, 2.24) is 9.55 Å². The number of ether oxygens (including phenoxy) is 1. The highest BCUT2D eigenvalue weighted by Gasteiger charge is 2.18. The first kappa shape index (κ1) is 11.8. The van der Waals surface area contributed by atoms with E-state index in [2.05, 4.69) is 21.9 Å². The van der Waals surface area contributed by atoms with Gasteiger partial charge in [-0.2, -0.15) is 0 Å². The van der Waals surface area contributed by atoms with Crippen molar-refractivity contribution in [2.24, 2.45) is 0 Å². The molecule has 2 aromatic rings. The molecule has 0 amide bonds. The van der Waals surface area contributed by atoms with Gasteiger partial charge in [0, 0.05) is 5.69 Å². The number of fused-ring (bicyclic) bond motifs is 1. The van der Waals surface area contributed by atoms with Crippen molar-refractivity contribution in [3.05, 3.63) is 41.3 Å². The van der Waals surface area contributed by atoms with Crippen LogP contribution < -0.4 is 5.73 Å². The number of aryl methyl sites for hydroxylation is 2. The Balaban J connectivity index is 2.03. The summed E-state index contributed by atoms with van der Waals surface area (Å²) in [6.07, 6.45) is 4.99. The lowest BCUT2D eigenvalue weighted by molar-refractivity contribution is 0.0596. The molecule has 1 aliphatic carbocycles. The van der Waals surface area contributed by atoms with Crippen molar-refractivity contribution in [2.75, 3.05) is 12.8 Å². The first-order chi connectivity index (χ1) is 9.20. The SMILES string of the molecule is COC(=O)c1ncn(-c2ccc3c(c2)CCC3)c1N. The lowest BCUT2D eigenvalue weighted by Crippen LogP contribution is -2.07. The summed E-state index contributed by atoms with van der Waals surface area (Å²) >= 11 is 0. The highest BCUT2D eigenvalue weighted by atomic mass is 16.5. The van der Waals surface area contributed by atoms with Gasteiger partial charge >= 0.3 is 5.97 Å². The number of esters is 1. The number of carbonyl (C=O) groups is 1. The zero-order valence-electron chi connectivity index (χ0n) is 10.7. The van der Waals surface area contributed by atoms with Gasteiger partial charge in [0.05, 0.1) is 7.11 Å². The Morgan fingerprint density at radius 2 is 2.16 bits per heavy atom. The van der Waals surface area contributed by atoms with Gasteiger partial charge < -0.3 is 10.5 Å². The van der Waals surface area contributed by atoms with Crippen LogP contribution in [0.1, 0.15) is 28.0 Å². The maximum Gasteiger partial charge on any atom is 0.360 e. The molecule has 0 unspecified atom stereocenters. The third-order valence-electron chi connectivity index (χ3n) is 3.54. The molecule has 0 atom stereocenters. The Morgan fingerprint density at radius 1 is 1.37 bits per heavy atom. The van der Waals surface area contributed by atoms with Crippen LogP contribution in [0.15, 0.2) is 24.5 Å². The fourth-order valence-corrected chi connectivity index (χ4v) is 2.53. The standard InChI is InChI=1S/C14H15N3O2/c1-19-14(18)12-13(15)17(8-16-12)11-6-5-9-3-2-4-10(9)7-11/h5-8H,2-4,15H2,1H3. The Morgan fingerprint density at radius 3 is 2.95 bits per heavy atom. The number of carbonyl (C=O) groups excluding carboxylic acids is 1. The van der Waals surface area contributed by atoms with Crippen molar-refractivity contribution < 1.29 is 9.53 Å². The Hall–Kier alpha value is -2.30. The van der Waals surface area contributed by atoms with E-state index in [9.17, 15) is 4.79 Å². The molecule has 0 fully saturated rings. The number of nitrogens with two attached hydrogens (primary N) is 1. The van der Waals surface area contributed by atoms with E-state index < -0.39 is 5.97 Å². The van der Waals surface area contributed by atoms with Gasteiger partial charge in [-0.1, -0.05) is 6.07 Å². The van der Waals surface area contributed by atoms with Crippen LogP contribution in [0.5, 0.6) is 0 Å². The molecule has 3 rings (SSSR count). The monoisotopic (exact) mass is 257 g/mol. The van der Waals surface area contributed by atoms with E-state index in [1.54, 1.807) is 10.9 Å². The van der Waals surface area contributed by atoms with Crippen LogP contribution in [0, 0.1) is 0 Å². The molecule has 5 nitrogen and oxygen atoms in total. The van der Waals surface area contributed by atoms with Gasteiger partial charge in [0.1, 0.15) is 12.1 Å². The normalized spacial score (nSPS) is 13.3. The topological polar surface area (TPSA) is 70.1 Å². The van der Waals surface area contributed by atoms with Crippen LogP contribution >= 0.6 is 0 Å². The van der Waals surface area contributed by atoms with E-state index in [4.69, 9.17) is 5.73 Å². The summed E-state index contributed by atoms with van der Waals surface area (Å²) in [6, 6.07) is 6.24. The average Bonchev–Trinajstić information content (AvgIpc) is 3.03. The van der Waals surface area contributed by atoms with Crippen LogP contribution in [-0.2, 0) is 17.6 Å². The van der Waals surface area contributed by atoms with E-state index in [0.29, 0.717) is 5.82 Å². The van der Waals surface area contributed by atoms with E-state index >= 15 is 0 Å². The van der Waals surface area contributed by atoms with E-state index in [1.807, 2.05) is 6.07 Å². The largest absolute Gasteiger partial charge is 0.464 e. The molecule has 0 aliphatic heterocycles. The molecule has 98 valence electrons. The van der Waals surface area contributed by atoms with Crippen LogP contribution in [0.3, 0.4) is 0 Å². The summed E-state index contributed by atoms with van der Waals surface area (Å²) in [5, 5.41) is 0. The van der Waals surface area contributed by atoms with Gasteiger partial charge in [-0.3, -0.25) is 4.57 Å². The molecule has 0 radical (unpaired) electrons. The molecule has 1 heterocycles. The molecule has 0 spiro atoms. The van der Waals surface area contributed by atoms with Gasteiger partial charge in [0.2, 0.25) is 0 Å². The molecular formula is C14H15N3O2. The van der Waals surface area contributed by atoms with Crippen LogP contribution in [0.4, 0.5) is 5.82 Å². The van der Waals surface area contributed by atoms with E-state index in [-0.39, 0.29) is 5.69 Å². The molecule has 5 heteroatoms. The second kappa shape index (κ2) is 4.42.